The second kappa shape index (κ2) is 9.64. The molecule has 0 bridgehead atoms. The minimum Gasteiger partial charge on any atom is -0.393 e. The second-order valence-corrected chi connectivity index (χ2v) is 14.1. The SMILES string of the molecule is C[C@H](CCC(=O)NCCS(=O)(=O)O)[C@H]1CC[C@H]2[C@@H]3[C@H](O)C[C@@H]4CCCC[C@]4(C)[C@H]3C[C@H](O)[C@]12C. The number of nitrogens with one attached hydrogen (secondary N) is 1. The third-order valence-electron chi connectivity index (χ3n) is 11.0. The molecule has 7 nitrogen and oxygen atoms in total. The van der Waals surface area contributed by atoms with E-state index in [1.807, 2.05) is 0 Å². The Labute approximate surface area is 205 Å². The minimum atomic E-state index is -4.08. The lowest BCUT2D eigenvalue weighted by atomic mass is 9.43. The van der Waals surface area contributed by atoms with Crippen molar-refractivity contribution in [3.63, 3.8) is 0 Å². The molecule has 0 saturated heterocycles. The maximum Gasteiger partial charge on any atom is 0.266 e. The Bertz CT molecular complexity index is 863. The third-order valence-corrected chi connectivity index (χ3v) is 11.7. The molecule has 1 amide bonds. The lowest BCUT2D eigenvalue weighted by molar-refractivity contribution is -0.201. The first-order chi connectivity index (χ1) is 15.9. The maximum absolute atomic E-state index is 12.2. The van der Waals surface area contributed by atoms with Crippen LogP contribution in [0.25, 0.3) is 0 Å². The summed E-state index contributed by atoms with van der Waals surface area (Å²) in [6.07, 6.45) is 8.99. The van der Waals surface area contributed by atoms with Crippen LogP contribution in [0.4, 0.5) is 0 Å². The summed E-state index contributed by atoms with van der Waals surface area (Å²) in [6, 6.07) is 0. The molecule has 0 radical (unpaired) electrons. The van der Waals surface area contributed by atoms with Gasteiger partial charge in [-0.25, -0.2) is 0 Å². The zero-order chi connectivity index (χ0) is 24.9. The predicted molar refractivity (Wildman–Crippen MR) is 130 cm³/mol. The molecule has 8 heteroatoms. The molecule has 0 heterocycles. The van der Waals surface area contributed by atoms with Gasteiger partial charge < -0.3 is 15.5 Å². The molecule has 4 N–H and O–H groups in total. The molecule has 0 aromatic heterocycles. The summed E-state index contributed by atoms with van der Waals surface area (Å²) in [5.41, 5.74) is -0.0187. The van der Waals surface area contributed by atoms with Gasteiger partial charge in [-0.2, -0.15) is 8.42 Å². The number of carbonyl (C=O) groups is 1. The molecule has 196 valence electrons. The number of aliphatic hydroxyl groups is 2. The molecule has 0 unspecified atom stereocenters. The molecule has 4 fully saturated rings. The van der Waals surface area contributed by atoms with Crippen molar-refractivity contribution in [2.24, 2.45) is 46.3 Å². The van der Waals surface area contributed by atoms with Crippen LogP contribution in [-0.4, -0.2) is 53.6 Å². The molecular formula is C26H45NO6S. The summed E-state index contributed by atoms with van der Waals surface area (Å²) in [7, 11) is -4.08. The van der Waals surface area contributed by atoms with Crippen LogP contribution in [0.15, 0.2) is 0 Å². The van der Waals surface area contributed by atoms with E-state index in [0.717, 1.165) is 25.7 Å². The normalized spacial score (nSPS) is 45.1. The van der Waals surface area contributed by atoms with Crippen molar-refractivity contribution < 1.29 is 28.0 Å². The van der Waals surface area contributed by atoms with Crippen molar-refractivity contribution in [2.75, 3.05) is 12.3 Å². The number of aliphatic hydroxyl groups excluding tert-OH is 2. The van der Waals surface area contributed by atoms with Crippen LogP contribution >= 0.6 is 0 Å². The minimum absolute atomic E-state index is 0.0886. The first kappa shape index (κ1) is 26.4. The van der Waals surface area contributed by atoms with E-state index in [9.17, 15) is 23.4 Å². The highest BCUT2D eigenvalue weighted by atomic mass is 32.2. The standard InChI is InChI=1S/C26H45NO6S/c1-16(7-10-23(30)27-12-13-34(31,32)33)18-8-9-19-24-20(15-22(29)26(18,19)3)25(2)11-5-4-6-17(25)14-21(24)28/h16-22,24,28-29H,4-15H2,1-3H3,(H,27,30)(H,31,32,33)/t16-,17+,18-,19+,20+,21-,22+,24+,25+,26-/m1/s1. The van der Waals surface area contributed by atoms with Crippen LogP contribution in [0, 0.1) is 46.3 Å². The van der Waals surface area contributed by atoms with Crippen molar-refractivity contribution in [1.29, 1.82) is 0 Å². The maximum atomic E-state index is 12.2. The van der Waals surface area contributed by atoms with Crippen molar-refractivity contribution in [1.82, 2.24) is 5.32 Å². The number of fused-ring (bicyclic) bond motifs is 5. The molecule has 10 atom stereocenters. The van der Waals surface area contributed by atoms with E-state index in [-0.39, 0.29) is 47.3 Å². The Kier molecular flexibility index (Phi) is 7.47. The average Bonchev–Trinajstić information content (AvgIpc) is 3.11. The monoisotopic (exact) mass is 499 g/mol. The van der Waals surface area contributed by atoms with Gasteiger partial charge in [0, 0.05) is 13.0 Å². The zero-order valence-electron chi connectivity index (χ0n) is 21.1. The lowest BCUT2D eigenvalue weighted by Gasteiger charge is -2.63. The fourth-order valence-corrected chi connectivity index (χ4v) is 9.51. The van der Waals surface area contributed by atoms with Gasteiger partial charge in [-0.15, -0.1) is 0 Å². The molecule has 0 aromatic carbocycles. The molecule has 0 aromatic rings. The van der Waals surface area contributed by atoms with Gasteiger partial charge in [-0.05, 0) is 91.3 Å². The zero-order valence-corrected chi connectivity index (χ0v) is 21.9. The van der Waals surface area contributed by atoms with Gasteiger partial charge in [-0.1, -0.05) is 33.6 Å². The van der Waals surface area contributed by atoms with E-state index in [1.165, 1.54) is 25.7 Å². The Balaban J connectivity index is 1.43. The van der Waals surface area contributed by atoms with E-state index in [2.05, 4.69) is 26.1 Å². The van der Waals surface area contributed by atoms with Crippen LogP contribution in [0.2, 0.25) is 0 Å². The first-order valence-electron chi connectivity index (χ1n) is 13.5. The number of hydrogen-bond acceptors (Lipinski definition) is 5. The van der Waals surface area contributed by atoms with E-state index >= 15 is 0 Å². The quantitative estimate of drug-likeness (QED) is 0.398. The van der Waals surface area contributed by atoms with Gasteiger partial charge in [0.2, 0.25) is 5.91 Å². The molecule has 4 aliphatic rings. The molecule has 4 rings (SSSR count). The topological polar surface area (TPSA) is 124 Å². The Morgan fingerprint density at radius 2 is 1.82 bits per heavy atom. The Morgan fingerprint density at radius 1 is 1.09 bits per heavy atom. The highest BCUT2D eigenvalue weighted by Gasteiger charge is 2.65. The van der Waals surface area contributed by atoms with E-state index in [0.29, 0.717) is 36.5 Å². The lowest BCUT2D eigenvalue weighted by Crippen LogP contribution is -2.61. The van der Waals surface area contributed by atoms with Crippen LogP contribution in [0.3, 0.4) is 0 Å². The van der Waals surface area contributed by atoms with Crippen LogP contribution in [0.1, 0.15) is 85.0 Å². The summed E-state index contributed by atoms with van der Waals surface area (Å²) < 4.78 is 30.5. The largest absolute Gasteiger partial charge is 0.393 e. The van der Waals surface area contributed by atoms with Crippen LogP contribution < -0.4 is 5.32 Å². The number of amides is 1. The smallest absolute Gasteiger partial charge is 0.266 e. The van der Waals surface area contributed by atoms with Gasteiger partial charge in [0.1, 0.15) is 0 Å². The second-order valence-electron chi connectivity index (χ2n) is 12.5. The van der Waals surface area contributed by atoms with Crippen molar-refractivity contribution in [2.45, 2.75) is 97.2 Å². The van der Waals surface area contributed by atoms with Crippen LogP contribution in [0.5, 0.6) is 0 Å². The van der Waals surface area contributed by atoms with Crippen LogP contribution in [-0.2, 0) is 14.9 Å². The molecule has 4 saturated carbocycles. The first-order valence-corrected chi connectivity index (χ1v) is 15.1. The fourth-order valence-electron chi connectivity index (χ4n) is 9.15. The molecular weight excluding hydrogens is 454 g/mol. The molecule has 0 aliphatic heterocycles. The summed E-state index contributed by atoms with van der Waals surface area (Å²) in [5.74, 6) is 1.38. The highest BCUT2D eigenvalue weighted by molar-refractivity contribution is 7.85. The Morgan fingerprint density at radius 3 is 2.53 bits per heavy atom. The van der Waals surface area contributed by atoms with Gasteiger partial charge in [0.15, 0.2) is 0 Å². The van der Waals surface area contributed by atoms with Gasteiger partial charge in [0.05, 0.1) is 18.0 Å². The third kappa shape index (κ3) is 4.69. The molecule has 4 aliphatic carbocycles. The summed E-state index contributed by atoms with van der Waals surface area (Å²) >= 11 is 0. The average molecular weight is 500 g/mol. The fraction of sp³-hybridized carbons (Fsp3) is 0.962. The predicted octanol–water partition coefficient (Wildman–Crippen LogP) is 3.40. The number of rotatable bonds is 7. The van der Waals surface area contributed by atoms with Crippen molar-refractivity contribution in [3.8, 4) is 0 Å². The van der Waals surface area contributed by atoms with E-state index in [4.69, 9.17) is 4.55 Å². The number of carbonyl (C=O) groups excluding carboxylic acids is 1. The molecule has 0 spiro atoms. The summed E-state index contributed by atoms with van der Waals surface area (Å²) in [4.78, 5) is 12.2. The highest BCUT2D eigenvalue weighted by Crippen LogP contribution is 2.68. The van der Waals surface area contributed by atoms with Crippen molar-refractivity contribution in [3.05, 3.63) is 0 Å². The van der Waals surface area contributed by atoms with E-state index < -0.39 is 15.9 Å². The Hall–Kier alpha value is -0.700. The van der Waals surface area contributed by atoms with Gasteiger partial charge in [0.25, 0.3) is 10.1 Å². The summed E-state index contributed by atoms with van der Waals surface area (Å²) in [6.45, 7) is 6.75. The molecule has 34 heavy (non-hydrogen) atoms. The van der Waals surface area contributed by atoms with Gasteiger partial charge in [-0.3, -0.25) is 9.35 Å². The van der Waals surface area contributed by atoms with Crippen molar-refractivity contribution >= 4 is 16.0 Å². The summed E-state index contributed by atoms with van der Waals surface area (Å²) in [5, 5.41) is 25.5. The van der Waals surface area contributed by atoms with Gasteiger partial charge >= 0.3 is 0 Å². The van der Waals surface area contributed by atoms with E-state index in [1.54, 1.807) is 0 Å². The number of hydrogen-bond donors (Lipinski definition) is 4.